The van der Waals surface area contributed by atoms with Gasteiger partial charge in [-0.1, -0.05) is 12.1 Å². The monoisotopic (exact) mass is 388 g/mol. The fraction of sp³-hybridized carbons (Fsp3) is 0.263. The number of hydrogen-bond acceptors (Lipinski definition) is 6. The molecule has 3 aromatic rings. The maximum Gasteiger partial charge on any atom is 0.175 e. The molecule has 0 saturated carbocycles. The van der Waals surface area contributed by atoms with Gasteiger partial charge in [-0.2, -0.15) is 0 Å². The van der Waals surface area contributed by atoms with E-state index in [0.29, 0.717) is 23.3 Å². The maximum atomic E-state index is 13.2. The first-order chi connectivity index (χ1) is 12.8. The molecule has 0 saturated heterocycles. The van der Waals surface area contributed by atoms with Crippen molar-refractivity contribution in [2.45, 2.75) is 10.9 Å². The fourth-order valence-electron chi connectivity index (χ4n) is 2.88. The highest BCUT2D eigenvalue weighted by atomic mass is 32.2. The molecule has 1 atom stereocenters. The van der Waals surface area contributed by atoms with Gasteiger partial charge in [0.15, 0.2) is 9.84 Å². The minimum Gasteiger partial charge on any atom is -0.368 e. The van der Waals surface area contributed by atoms with Gasteiger partial charge in [0.1, 0.15) is 18.0 Å². The molecule has 1 heterocycles. The molecular formula is C19H21FN4O2S. The lowest BCUT2D eigenvalue weighted by Crippen LogP contribution is -2.27. The second-order valence-corrected chi connectivity index (χ2v) is 8.60. The molecule has 3 rings (SSSR count). The van der Waals surface area contributed by atoms with Crippen molar-refractivity contribution < 1.29 is 12.8 Å². The smallest absolute Gasteiger partial charge is 0.175 e. The summed E-state index contributed by atoms with van der Waals surface area (Å²) in [6.07, 6.45) is 2.61. The van der Waals surface area contributed by atoms with Crippen molar-refractivity contribution >= 4 is 26.6 Å². The molecule has 8 heteroatoms. The van der Waals surface area contributed by atoms with E-state index in [4.69, 9.17) is 0 Å². The van der Waals surface area contributed by atoms with E-state index >= 15 is 0 Å². The van der Waals surface area contributed by atoms with Gasteiger partial charge in [-0.05, 0) is 50.0 Å². The van der Waals surface area contributed by atoms with Crippen LogP contribution in [0.3, 0.4) is 0 Å². The molecule has 0 aliphatic rings. The summed E-state index contributed by atoms with van der Waals surface area (Å²) in [5, 5.41) is 3.92. The van der Waals surface area contributed by atoms with E-state index in [2.05, 4.69) is 15.3 Å². The lowest BCUT2D eigenvalue weighted by atomic mass is 10.1. The van der Waals surface area contributed by atoms with E-state index in [1.54, 1.807) is 24.3 Å². The van der Waals surface area contributed by atoms with Gasteiger partial charge in [0.25, 0.3) is 0 Å². The Morgan fingerprint density at radius 1 is 1.11 bits per heavy atom. The van der Waals surface area contributed by atoms with Crippen molar-refractivity contribution in [1.29, 1.82) is 0 Å². The predicted octanol–water partition coefficient (Wildman–Crippen LogP) is 2.89. The van der Waals surface area contributed by atoms with E-state index < -0.39 is 9.84 Å². The number of nitrogens with one attached hydrogen (secondary N) is 1. The first-order valence-electron chi connectivity index (χ1n) is 8.36. The number of likely N-dealkylation sites (N-methyl/N-ethyl adjacent to an activating group) is 1. The van der Waals surface area contributed by atoms with Crippen molar-refractivity contribution in [3.63, 3.8) is 0 Å². The van der Waals surface area contributed by atoms with Gasteiger partial charge in [-0.3, -0.25) is 0 Å². The minimum atomic E-state index is -3.33. The number of fused-ring (bicyclic) bond motifs is 1. The van der Waals surface area contributed by atoms with Crippen LogP contribution in [0.2, 0.25) is 0 Å². The van der Waals surface area contributed by atoms with E-state index in [9.17, 15) is 12.8 Å². The summed E-state index contributed by atoms with van der Waals surface area (Å²) in [5.74, 6) is 0.277. The first-order valence-corrected chi connectivity index (χ1v) is 10.3. The van der Waals surface area contributed by atoms with Gasteiger partial charge in [-0.25, -0.2) is 22.8 Å². The van der Waals surface area contributed by atoms with Crippen molar-refractivity contribution in [1.82, 2.24) is 14.9 Å². The molecular weight excluding hydrogens is 367 g/mol. The number of hydrogen-bond donors (Lipinski definition) is 1. The van der Waals surface area contributed by atoms with Crippen LogP contribution in [0.15, 0.2) is 53.7 Å². The van der Waals surface area contributed by atoms with Gasteiger partial charge in [-0.15, -0.1) is 0 Å². The topological polar surface area (TPSA) is 75.2 Å². The van der Waals surface area contributed by atoms with Crippen molar-refractivity contribution in [2.24, 2.45) is 0 Å². The molecule has 1 aromatic heterocycles. The predicted molar refractivity (Wildman–Crippen MR) is 104 cm³/mol. The molecule has 2 aromatic carbocycles. The van der Waals surface area contributed by atoms with Crippen LogP contribution in [0.4, 0.5) is 10.2 Å². The highest BCUT2D eigenvalue weighted by Gasteiger charge is 2.16. The number of aromatic nitrogens is 2. The summed E-state index contributed by atoms with van der Waals surface area (Å²) in [5.41, 5.74) is 1.62. The van der Waals surface area contributed by atoms with Crippen LogP contribution >= 0.6 is 0 Å². The van der Waals surface area contributed by atoms with Crippen LogP contribution in [0.1, 0.15) is 11.6 Å². The zero-order valence-corrected chi connectivity index (χ0v) is 16.2. The number of nitrogens with zero attached hydrogens (tertiary/aromatic N) is 3. The Balaban J connectivity index is 1.92. The van der Waals surface area contributed by atoms with Crippen LogP contribution in [-0.4, -0.2) is 50.2 Å². The van der Waals surface area contributed by atoms with Gasteiger partial charge in [0.2, 0.25) is 0 Å². The molecule has 142 valence electrons. The second-order valence-electron chi connectivity index (χ2n) is 6.59. The summed E-state index contributed by atoms with van der Waals surface area (Å²) in [7, 11) is 0.550. The molecule has 0 amide bonds. The Hall–Kier alpha value is -2.58. The molecule has 0 bridgehead atoms. The number of anilines is 1. The zero-order chi connectivity index (χ0) is 19.6. The van der Waals surface area contributed by atoms with Crippen LogP contribution in [0.5, 0.6) is 0 Å². The average Bonchev–Trinajstić information content (AvgIpc) is 2.62. The Morgan fingerprint density at radius 2 is 1.81 bits per heavy atom. The molecule has 0 unspecified atom stereocenters. The SMILES string of the molecule is CN(C)[C@H](CNc1ncnc2ccc(S(C)(=O)=O)cc12)c1ccc(F)cc1. The molecule has 27 heavy (non-hydrogen) atoms. The first kappa shape index (κ1) is 19.2. The Kier molecular flexibility index (Phi) is 5.38. The summed E-state index contributed by atoms with van der Waals surface area (Å²) in [4.78, 5) is 10.7. The van der Waals surface area contributed by atoms with Crippen molar-refractivity contribution in [3.05, 3.63) is 60.2 Å². The van der Waals surface area contributed by atoms with Gasteiger partial charge in [0, 0.05) is 18.2 Å². The summed E-state index contributed by atoms with van der Waals surface area (Å²) in [6.45, 7) is 0.508. The van der Waals surface area contributed by atoms with Gasteiger partial charge < -0.3 is 10.2 Å². The lowest BCUT2D eigenvalue weighted by molar-refractivity contribution is 0.311. The molecule has 6 nitrogen and oxygen atoms in total. The standard InChI is InChI=1S/C19H21FN4O2S/c1-24(2)18(13-4-6-14(20)7-5-13)11-21-19-16-10-15(27(3,25)26)8-9-17(16)22-12-23-19/h4-10,12,18H,11H2,1-3H3,(H,21,22,23)/t18-/m1/s1. The van der Waals surface area contributed by atoms with Crippen LogP contribution < -0.4 is 5.32 Å². The number of halogens is 1. The van der Waals surface area contributed by atoms with E-state index in [-0.39, 0.29) is 16.8 Å². The van der Waals surface area contributed by atoms with Crippen molar-refractivity contribution in [3.8, 4) is 0 Å². The van der Waals surface area contributed by atoms with Crippen LogP contribution in [0, 0.1) is 5.82 Å². The van der Waals surface area contributed by atoms with E-state index in [0.717, 1.165) is 5.56 Å². The molecule has 0 aliphatic heterocycles. The minimum absolute atomic E-state index is 0.0197. The zero-order valence-electron chi connectivity index (χ0n) is 15.3. The second kappa shape index (κ2) is 7.58. The molecule has 0 aliphatic carbocycles. The van der Waals surface area contributed by atoms with Gasteiger partial charge in [0.05, 0.1) is 16.5 Å². The van der Waals surface area contributed by atoms with Crippen LogP contribution in [0.25, 0.3) is 10.9 Å². The molecule has 0 spiro atoms. The normalized spacial score (nSPS) is 13.1. The third kappa shape index (κ3) is 4.40. The number of rotatable bonds is 6. The third-order valence-electron chi connectivity index (χ3n) is 4.38. The molecule has 1 N–H and O–H groups in total. The molecule has 0 radical (unpaired) electrons. The lowest BCUT2D eigenvalue weighted by Gasteiger charge is -2.25. The number of sulfone groups is 1. The fourth-order valence-corrected chi connectivity index (χ4v) is 3.53. The largest absolute Gasteiger partial charge is 0.368 e. The van der Waals surface area contributed by atoms with E-state index in [1.165, 1.54) is 30.8 Å². The summed E-state index contributed by atoms with van der Waals surface area (Å²) >= 11 is 0. The molecule has 0 fully saturated rings. The summed E-state index contributed by atoms with van der Waals surface area (Å²) in [6, 6.07) is 11.1. The third-order valence-corrected chi connectivity index (χ3v) is 5.49. The Labute approximate surface area is 158 Å². The highest BCUT2D eigenvalue weighted by Crippen LogP contribution is 2.25. The van der Waals surface area contributed by atoms with E-state index in [1.807, 2.05) is 19.0 Å². The Morgan fingerprint density at radius 3 is 2.44 bits per heavy atom. The Bertz CT molecular complexity index is 1050. The number of benzene rings is 2. The van der Waals surface area contributed by atoms with Crippen molar-refractivity contribution in [2.75, 3.05) is 32.2 Å². The quantitative estimate of drug-likeness (QED) is 0.700. The van der Waals surface area contributed by atoms with Crippen LogP contribution in [-0.2, 0) is 9.84 Å². The van der Waals surface area contributed by atoms with Gasteiger partial charge >= 0.3 is 0 Å². The average molecular weight is 388 g/mol. The highest BCUT2D eigenvalue weighted by molar-refractivity contribution is 7.90. The maximum absolute atomic E-state index is 13.2. The summed E-state index contributed by atoms with van der Waals surface area (Å²) < 4.78 is 36.9.